The number of carbonyl (C=O) groups excluding carboxylic acids is 1. The molecule has 4 heterocycles. The normalized spacial score (nSPS) is 17.7. The Morgan fingerprint density at radius 2 is 2.10 bits per heavy atom. The van der Waals surface area contributed by atoms with Gasteiger partial charge in [-0.1, -0.05) is 0 Å². The zero-order chi connectivity index (χ0) is 20.8. The number of rotatable bonds is 2. The van der Waals surface area contributed by atoms with Crippen molar-refractivity contribution in [3.8, 4) is 11.1 Å². The van der Waals surface area contributed by atoms with E-state index in [1.54, 1.807) is 20.8 Å². The summed E-state index contributed by atoms with van der Waals surface area (Å²) in [7, 11) is 0. The van der Waals surface area contributed by atoms with Crippen molar-refractivity contribution in [1.82, 2.24) is 19.5 Å². The van der Waals surface area contributed by atoms with Crippen LogP contribution in [0.3, 0.4) is 0 Å². The van der Waals surface area contributed by atoms with Crippen molar-refractivity contribution in [2.45, 2.75) is 52.1 Å². The third kappa shape index (κ3) is 3.94. The van der Waals surface area contributed by atoms with E-state index in [0.29, 0.717) is 18.9 Å². The van der Waals surface area contributed by atoms with E-state index < -0.39 is 5.60 Å². The number of nitrogens with two attached hydrogens (primary N) is 1. The first kappa shape index (κ1) is 19.7. The predicted octanol–water partition coefficient (Wildman–Crippen LogP) is 4.46. The minimum Gasteiger partial charge on any atom is -0.444 e. The Labute approximate surface area is 174 Å². The molecular weight excluding hydrogens is 386 g/mol. The number of carbonyl (C=O) groups is 1. The van der Waals surface area contributed by atoms with Gasteiger partial charge in [-0.05, 0) is 56.9 Å². The summed E-state index contributed by atoms with van der Waals surface area (Å²) < 4.78 is 7.24. The van der Waals surface area contributed by atoms with Gasteiger partial charge in [0.1, 0.15) is 11.4 Å². The molecule has 0 aromatic carbocycles. The molecule has 1 amide bonds. The number of nitrogen functional groups attached to an aromatic ring is 1. The molecule has 1 saturated heterocycles. The van der Waals surface area contributed by atoms with Crippen molar-refractivity contribution in [3.05, 3.63) is 34.3 Å². The van der Waals surface area contributed by atoms with Gasteiger partial charge in [-0.3, -0.25) is 0 Å². The summed E-state index contributed by atoms with van der Waals surface area (Å²) in [6.07, 6.45) is 3.43. The molecule has 3 aromatic rings. The van der Waals surface area contributed by atoms with E-state index in [0.717, 1.165) is 35.3 Å². The maximum atomic E-state index is 12.5. The highest BCUT2D eigenvalue weighted by molar-refractivity contribution is 7.08. The number of thiophene rings is 1. The lowest BCUT2D eigenvalue weighted by atomic mass is 9.94. The molecule has 4 rings (SSSR count). The molecule has 7 nitrogen and oxygen atoms in total. The van der Waals surface area contributed by atoms with Crippen LogP contribution in [0.15, 0.2) is 23.0 Å². The fourth-order valence-electron chi connectivity index (χ4n) is 3.75. The van der Waals surface area contributed by atoms with Crippen LogP contribution in [-0.4, -0.2) is 44.3 Å². The molecule has 0 radical (unpaired) electrons. The molecule has 1 aliphatic heterocycles. The van der Waals surface area contributed by atoms with Crippen molar-refractivity contribution in [3.63, 3.8) is 0 Å². The third-order valence-corrected chi connectivity index (χ3v) is 6.02. The number of likely N-dealkylation sites (tertiary alicyclic amines) is 1. The van der Waals surface area contributed by atoms with Gasteiger partial charge in [-0.15, -0.1) is 0 Å². The van der Waals surface area contributed by atoms with E-state index in [9.17, 15) is 4.79 Å². The SMILES string of the molecule is Cc1cscc1-c1cnn2c(N)cc(C3CCCN(C(=O)OC(C)(C)C)C3)nc12. The molecule has 3 aromatic heterocycles. The minimum atomic E-state index is -0.503. The van der Waals surface area contributed by atoms with Gasteiger partial charge in [0.2, 0.25) is 0 Å². The molecular formula is C21H27N5O2S. The van der Waals surface area contributed by atoms with Crippen molar-refractivity contribution in [2.24, 2.45) is 0 Å². The summed E-state index contributed by atoms with van der Waals surface area (Å²) in [6, 6.07) is 1.88. The van der Waals surface area contributed by atoms with Crippen molar-refractivity contribution in [2.75, 3.05) is 18.8 Å². The highest BCUT2D eigenvalue weighted by Gasteiger charge is 2.29. The van der Waals surface area contributed by atoms with Crippen LogP contribution in [0.25, 0.3) is 16.8 Å². The Bertz CT molecular complexity index is 1050. The number of aromatic nitrogens is 3. The number of hydrogen-bond acceptors (Lipinski definition) is 6. The van der Waals surface area contributed by atoms with Crippen LogP contribution >= 0.6 is 11.3 Å². The summed E-state index contributed by atoms with van der Waals surface area (Å²) in [5, 5.41) is 8.66. The van der Waals surface area contributed by atoms with Crippen LogP contribution in [0.5, 0.6) is 0 Å². The summed E-state index contributed by atoms with van der Waals surface area (Å²) in [4.78, 5) is 19.2. The van der Waals surface area contributed by atoms with Crippen molar-refractivity contribution < 1.29 is 9.53 Å². The van der Waals surface area contributed by atoms with Gasteiger partial charge in [0.05, 0.1) is 11.9 Å². The molecule has 0 bridgehead atoms. The Morgan fingerprint density at radius 3 is 2.79 bits per heavy atom. The predicted molar refractivity (Wildman–Crippen MR) is 115 cm³/mol. The van der Waals surface area contributed by atoms with E-state index in [-0.39, 0.29) is 12.0 Å². The first-order valence-corrected chi connectivity index (χ1v) is 10.8. The lowest BCUT2D eigenvalue weighted by Gasteiger charge is -2.34. The standard InChI is InChI=1S/C21H27N5O2S/c1-13-11-29-12-16(13)15-9-23-26-18(22)8-17(24-19(15)26)14-6-5-7-25(10-14)20(27)28-21(2,3)4/h8-9,11-12,14H,5-7,10,22H2,1-4H3. The van der Waals surface area contributed by atoms with Gasteiger partial charge in [0.25, 0.3) is 0 Å². The first-order chi connectivity index (χ1) is 13.7. The van der Waals surface area contributed by atoms with Crippen LogP contribution < -0.4 is 5.73 Å². The van der Waals surface area contributed by atoms with Crippen LogP contribution in [0.1, 0.15) is 50.8 Å². The summed E-state index contributed by atoms with van der Waals surface area (Å²) >= 11 is 1.66. The number of fused-ring (bicyclic) bond motifs is 1. The molecule has 8 heteroatoms. The second kappa shape index (κ2) is 7.33. The largest absolute Gasteiger partial charge is 0.444 e. The quantitative estimate of drug-likeness (QED) is 0.670. The zero-order valence-corrected chi connectivity index (χ0v) is 18.1. The van der Waals surface area contributed by atoms with E-state index in [2.05, 4.69) is 22.8 Å². The zero-order valence-electron chi connectivity index (χ0n) is 17.3. The molecule has 29 heavy (non-hydrogen) atoms. The van der Waals surface area contributed by atoms with Gasteiger partial charge in [0, 0.05) is 36.2 Å². The van der Waals surface area contributed by atoms with Gasteiger partial charge >= 0.3 is 6.09 Å². The number of nitrogens with zero attached hydrogens (tertiary/aromatic N) is 4. The topological polar surface area (TPSA) is 85.8 Å². The molecule has 1 atom stereocenters. The highest BCUT2D eigenvalue weighted by Crippen LogP contribution is 2.33. The summed E-state index contributed by atoms with van der Waals surface area (Å²) in [6.45, 7) is 9.03. The molecule has 2 N–H and O–H groups in total. The third-order valence-electron chi connectivity index (χ3n) is 5.16. The number of aryl methyl sites for hydroxylation is 1. The smallest absolute Gasteiger partial charge is 0.410 e. The molecule has 0 aliphatic carbocycles. The van der Waals surface area contributed by atoms with E-state index in [4.69, 9.17) is 15.5 Å². The van der Waals surface area contributed by atoms with Gasteiger partial charge in [-0.25, -0.2) is 9.78 Å². The fourth-order valence-corrected chi connectivity index (χ4v) is 4.60. The Balaban J connectivity index is 1.65. The first-order valence-electron chi connectivity index (χ1n) is 9.88. The number of anilines is 1. The number of ether oxygens (including phenoxy) is 1. The number of amides is 1. The van der Waals surface area contributed by atoms with E-state index in [1.807, 2.05) is 33.0 Å². The second-order valence-corrected chi connectivity index (χ2v) is 9.38. The number of piperidine rings is 1. The summed E-state index contributed by atoms with van der Waals surface area (Å²) in [5.74, 6) is 0.674. The van der Waals surface area contributed by atoms with E-state index in [1.165, 1.54) is 5.56 Å². The lowest BCUT2D eigenvalue weighted by molar-refractivity contribution is 0.0197. The maximum Gasteiger partial charge on any atom is 0.410 e. The molecule has 0 spiro atoms. The molecule has 1 aliphatic rings. The highest BCUT2D eigenvalue weighted by atomic mass is 32.1. The van der Waals surface area contributed by atoms with Crippen LogP contribution in [0.2, 0.25) is 0 Å². The van der Waals surface area contributed by atoms with Crippen molar-refractivity contribution >= 4 is 28.9 Å². The lowest BCUT2D eigenvalue weighted by Crippen LogP contribution is -2.42. The maximum absolute atomic E-state index is 12.5. The van der Waals surface area contributed by atoms with Gasteiger partial charge in [-0.2, -0.15) is 21.0 Å². The monoisotopic (exact) mass is 413 g/mol. The van der Waals surface area contributed by atoms with Gasteiger partial charge in [0.15, 0.2) is 5.65 Å². The minimum absolute atomic E-state index is 0.120. The Morgan fingerprint density at radius 1 is 1.31 bits per heavy atom. The van der Waals surface area contributed by atoms with Crippen molar-refractivity contribution in [1.29, 1.82) is 0 Å². The molecule has 1 fully saturated rings. The molecule has 154 valence electrons. The van der Waals surface area contributed by atoms with E-state index >= 15 is 0 Å². The second-order valence-electron chi connectivity index (χ2n) is 8.63. The molecule has 0 saturated carbocycles. The summed E-state index contributed by atoms with van der Waals surface area (Å²) in [5.41, 5.74) is 10.8. The van der Waals surface area contributed by atoms with Crippen LogP contribution in [0.4, 0.5) is 10.6 Å². The van der Waals surface area contributed by atoms with Gasteiger partial charge < -0.3 is 15.4 Å². The van der Waals surface area contributed by atoms with Crippen LogP contribution in [0, 0.1) is 6.92 Å². The van der Waals surface area contributed by atoms with Crippen LogP contribution in [-0.2, 0) is 4.74 Å². The fraction of sp³-hybridized carbons (Fsp3) is 0.476. The Kier molecular flexibility index (Phi) is 4.98. The number of hydrogen-bond donors (Lipinski definition) is 1. The molecule has 1 unspecified atom stereocenters. The average Bonchev–Trinajstić information content (AvgIpc) is 3.26. The Hall–Kier alpha value is -2.61. The average molecular weight is 414 g/mol.